The number of rotatable bonds is 30. The third kappa shape index (κ3) is 40.8. The molecular formula is C83H133I6N7O14+6. The Kier molecular flexibility index (Phi) is 49.1. The van der Waals surface area contributed by atoms with Crippen molar-refractivity contribution in [2.24, 2.45) is 5.92 Å². The molecule has 0 amide bonds. The highest BCUT2D eigenvalue weighted by Crippen LogP contribution is 2.30. The topological polar surface area (TPSA) is 201 Å². The summed E-state index contributed by atoms with van der Waals surface area (Å²) < 4.78 is 39.5. The molecule has 6 heterocycles. The Balaban J connectivity index is 0.000000281. The number of nitro benzene ring substituents is 1. The van der Waals surface area contributed by atoms with Crippen LogP contribution in [0.25, 0.3) is 0 Å². The molecule has 6 fully saturated rings. The second-order valence-electron chi connectivity index (χ2n) is 32.3. The average molecular weight is 2210 g/mol. The number of carbonyl (C=O) groups is 6. The smallest absolute Gasteiger partial charge is 0.343 e. The lowest BCUT2D eigenvalue weighted by Crippen LogP contribution is -2.50. The normalized spacial score (nSPS) is 19.4. The highest BCUT2D eigenvalue weighted by atomic mass is 127. The zero-order valence-corrected chi connectivity index (χ0v) is 80.4. The van der Waals surface area contributed by atoms with Crippen LogP contribution in [0.15, 0.2) is 89.0 Å². The summed E-state index contributed by atoms with van der Waals surface area (Å²) in [5.74, 6) is -0.871. The summed E-state index contributed by atoms with van der Waals surface area (Å²) in [5, 5.41) is 10.6. The van der Waals surface area contributed by atoms with Gasteiger partial charge >= 0.3 is 35.8 Å². The van der Waals surface area contributed by atoms with Crippen LogP contribution in [0.4, 0.5) is 5.69 Å². The van der Waals surface area contributed by atoms with Crippen LogP contribution < -0.4 is 0 Å². The number of benzene rings is 3. The fraction of sp³-hybridized carbons (Fsp3) is 0.687. The molecule has 6 aliphatic rings. The van der Waals surface area contributed by atoms with Crippen molar-refractivity contribution < 1.29 is 89.0 Å². The Hall–Kier alpha value is -2.24. The Morgan fingerprint density at radius 2 is 0.673 bits per heavy atom. The third-order valence-electron chi connectivity index (χ3n) is 22.3. The average Bonchev–Trinajstić information content (AvgIpc) is 0.852. The van der Waals surface area contributed by atoms with E-state index in [0.29, 0.717) is 49.6 Å². The summed E-state index contributed by atoms with van der Waals surface area (Å²) in [4.78, 5) is 80.3. The van der Waals surface area contributed by atoms with Crippen LogP contribution in [-0.4, -0.2) is 276 Å². The number of likely N-dealkylation sites (tertiary alicyclic amines) is 6. The Labute approximate surface area is 741 Å². The molecule has 0 aliphatic carbocycles. The second-order valence-corrected chi connectivity index (χ2v) is 39.3. The zero-order chi connectivity index (χ0) is 81.1. The number of nitro groups is 1. The van der Waals surface area contributed by atoms with Gasteiger partial charge in [-0.15, -0.1) is 0 Å². The molecule has 0 radical (unpaired) electrons. The van der Waals surface area contributed by atoms with Crippen molar-refractivity contribution in [2.75, 3.05) is 209 Å². The molecule has 0 aromatic heterocycles. The van der Waals surface area contributed by atoms with Crippen molar-refractivity contribution in [1.82, 2.24) is 0 Å². The minimum absolute atomic E-state index is 0.0215. The van der Waals surface area contributed by atoms with Gasteiger partial charge in [0, 0.05) is 21.0 Å². The molecule has 21 nitrogen and oxygen atoms in total. The first kappa shape index (κ1) is 100. The summed E-state index contributed by atoms with van der Waals surface area (Å²) in [6.45, 7) is 30.8. The molecule has 3 aromatic carbocycles. The van der Waals surface area contributed by atoms with Gasteiger partial charge in [0.15, 0.2) is 0 Å². The molecule has 27 heteroatoms. The number of nitrogens with zero attached hydrogens (tertiary/aromatic N) is 7. The summed E-state index contributed by atoms with van der Waals surface area (Å²) >= 11 is 12.6. The highest BCUT2D eigenvalue weighted by Gasteiger charge is 2.32. The van der Waals surface area contributed by atoms with E-state index in [2.05, 4.69) is 139 Å². The molecular weight excluding hydrogens is 2080 g/mol. The van der Waals surface area contributed by atoms with E-state index >= 15 is 0 Å². The molecule has 620 valence electrons. The number of esters is 6. The molecule has 110 heavy (non-hydrogen) atoms. The van der Waals surface area contributed by atoms with E-state index in [0.717, 1.165) is 105 Å². The summed E-state index contributed by atoms with van der Waals surface area (Å²) in [7, 11) is 13.5. The SMILES string of the molecule is C=C(I)C(=O)OCC[N+]1(C)CCCCC1.CC(CI)C(=O)OCC[N+]1(C)CCCCC1.C[N+]1(CCOC(=O)C(I)c2ccc([N+](=O)[O-])cc2)CCCCC1.C[N+]1(CCOC(=O)C(I)c2ccccc2)CCCCC1.C[N+]1(CCOC(=O)CCI)CCCCC1.Cc1ccc(C(I)C(=O)OCC[N+]2(C)CCCCC2)cc1. The number of piperidine rings is 6. The fourth-order valence-corrected chi connectivity index (χ4v) is 17.1. The number of likely N-dealkylation sites (N-methyl/N-ethyl adjacent to an activating group) is 6. The van der Waals surface area contributed by atoms with E-state index in [1.165, 1.54) is 199 Å². The quantitative estimate of drug-likeness (QED) is 0.00891. The number of alkyl halides is 5. The van der Waals surface area contributed by atoms with Crippen molar-refractivity contribution in [3.05, 3.63) is 121 Å². The number of non-ortho nitro benzene ring substituents is 1. The van der Waals surface area contributed by atoms with Gasteiger partial charge in [-0.2, -0.15) is 0 Å². The van der Waals surface area contributed by atoms with Gasteiger partial charge in [-0.05, 0) is 162 Å². The van der Waals surface area contributed by atoms with Crippen molar-refractivity contribution in [3.63, 3.8) is 0 Å². The molecule has 0 spiro atoms. The monoisotopic (exact) mass is 2210 g/mol. The van der Waals surface area contributed by atoms with Gasteiger partial charge in [0.05, 0.1) is 142 Å². The van der Waals surface area contributed by atoms with Crippen molar-refractivity contribution >= 4 is 177 Å². The first-order chi connectivity index (χ1) is 52.3. The minimum atomic E-state index is -0.451. The van der Waals surface area contributed by atoms with Crippen LogP contribution >= 0.6 is 136 Å². The number of hydrogen-bond acceptors (Lipinski definition) is 14. The maximum absolute atomic E-state index is 12.1. The van der Waals surface area contributed by atoms with Crippen LogP contribution in [0, 0.1) is 23.0 Å². The van der Waals surface area contributed by atoms with Gasteiger partial charge in [0.1, 0.15) is 90.7 Å². The predicted octanol–water partition coefficient (Wildman–Crippen LogP) is 16.6. The van der Waals surface area contributed by atoms with Crippen LogP contribution in [0.3, 0.4) is 0 Å². The van der Waals surface area contributed by atoms with Crippen molar-refractivity contribution in [2.45, 2.75) is 148 Å². The van der Waals surface area contributed by atoms with E-state index in [-0.39, 0.29) is 55.3 Å². The van der Waals surface area contributed by atoms with Gasteiger partial charge in [-0.25, -0.2) is 4.79 Å². The largest absolute Gasteiger partial charge is 0.460 e. The van der Waals surface area contributed by atoms with Crippen LogP contribution in [0.5, 0.6) is 0 Å². The number of hydrogen-bond donors (Lipinski definition) is 0. The lowest BCUT2D eigenvalue weighted by atomic mass is 10.1. The molecule has 6 aliphatic heterocycles. The van der Waals surface area contributed by atoms with Gasteiger partial charge < -0.3 is 55.3 Å². The van der Waals surface area contributed by atoms with Gasteiger partial charge in [0.2, 0.25) is 0 Å². The summed E-state index contributed by atoms with van der Waals surface area (Å²) in [6, 6.07) is 23.9. The van der Waals surface area contributed by atoms with Crippen LogP contribution in [0.1, 0.15) is 163 Å². The van der Waals surface area contributed by atoms with E-state index in [4.69, 9.17) is 28.4 Å². The van der Waals surface area contributed by atoms with E-state index in [1.54, 1.807) is 12.1 Å². The highest BCUT2D eigenvalue weighted by molar-refractivity contribution is 14.1. The molecule has 0 bridgehead atoms. The molecule has 4 unspecified atom stereocenters. The van der Waals surface area contributed by atoms with E-state index in [1.807, 2.05) is 114 Å². The van der Waals surface area contributed by atoms with Crippen LogP contribution in [0.2, 0.25) is 0 Å². The Morgan fingerprint density at radius 1 is 0.409 bits per heavy atom. The van der Waals surface area contributed by atoms with Crippen molar-refractivity contribution in [1.29, 1.82) is 0 Å². The molecule has 6 saturated heterocycles. The van der Waals surface area contributed by atoms with Gasteiger partial charge in [-0.3, -0.25) is 34.1 Å². The van der Waals surface area contributed by atoms with Crippen LogP contribution in [-0.2, 0) is 57.2 Å². The maximum Gasteiger partial charge on any atom is 0.343 e. The maximum atomic E-state index is 12.1. The first-order valence-electron chi connectivity index (χ1n) is 40.0. The van der Waals surface area contributed by atoms with E-state index in [9.17, 15) is 38.9 Å². The third-order valence-corrected chi connectivity index (χ3v) is 28.3. The lowest BCUT2D eigenvalue weighted by Gasteiger charge is -2.37. The van der Waals surface area contributed by atoms with Gasteiger partial charge in [-0.1, -0.05) is 199 Å². The summed E-state index contributed by atoms with van der Waals surface area (Å²) in [6.07, 6.45) is 24.1. The minimum Gasteiger partial charge on any atom is -0.460 e. The summed E-state index contributed by atoms with van der Waals surface area (Å²) in [5.41, 5.74) is 3.98. The number of aryl methyl sites for hydroxylation is 1. The predicted molar refractivity (Wildman–Crippen MR) is 489 cm³/mol. The van der Waals surface area contributed by atoms with Crippen molar-refractivity contribution in [3.8, 4) is 0 Å². The Morgan fingerprint density at radius 3 is 0.945 bits per heavy atom. The fourth-order valence-electron chi connectivity index (χ4n) is 14.4. The Bertz CT molecular complexity index is 3180. The molecule has 0 N–H and O–H groups in total. The standard InChI is InChI=1S/C17H25INO2.C16H22IN2O4.C16H23INO2.C12H23INO2.C11H19INO2.C11H21INO2/c1-14-6-8-15(9-7-14)16(18)17(20)21-13-12-19(2)10-4-3-5-11-19;1-19(9-3-2-4-10-19)11-12-23-16(20)15(17)13-5-7-14(8-6-13)18(21)22;1-18(10-6-3-7-11-18)12-13-20-16(19)15(17)14-8-4-2-5-9-14;1-11(10-13)12(15)16-9-8-14(2)6-4-3-5-7-14;1-10(12)11(14)15-9-8-13(2)6-4-3-5-7-13;1-13(7-3-2-4-8-13)9-10-15-11(14)5-6-12/h6-9,16H,3-5,10-13H2,1-2H3;5-8,15H,2-4,9-12H2,1H3;2,4-5,8-9,15H,3,6-7,10-13H2,1H3;11H,3-10H2,1-2H3;1,3-9H2,2H3;2-10H2,1H3/q6*+1. The number of quaternary nitrogens is 6. The molecule has 9 rings (SSSR count). The first-order valence-corrected chi connectivity index (χ1v) is 47.9. The molecule has 0 saturated carbocycles. The number of carbonyl (C=O) groups excluding carboxylic acids is 6. The molecule has 4 atom stereocenters. The number of ether oxygens (including phenoxy) is 6. The number of halogens is 6. The lowest BCUT2D eigenvalue weighted by molar-refractivity contribution is -0.914. The second kappa shape index (κ2) is 54.0. The van der Waals surface area contributed by atoms with E-state index < -0.39 is 8.85 Å². The van der Waals surface area contributed by atoms with Gasteiger partial charge in [0.25, 0.3) is 5.69 Å². The molecule has 3 aromatic rings. The zero-order valence-electron chi connectivity index (χ0n) is 67.5.